The summed E-state index contributed by atoms with van der Waals surface area (Å²) in [5, 5.41) is 0. The molecule has 1 aromatic rings. The molecular weight excluding hydrogens is 188 g/mol. The maximum absolute atomic E-state index is 5.91. The van der Waals surface area contributed by atoms with E-state index in [1.807, 2.05) is 25.1 Å². The molecule has 0 aromatic carbocycles. The highest BCUT2D eigenvalue weighted by molar-refractivity contribution is 5.08. The molecule has 0 spiro atoms. The van der Waals surface area contributed by atoms with Gasteiger partial charge in [0.2, 0.25) is 0 Å². The van der Waals surface area contributed by atoms with Crippen LogP contribution in [-0.4, -0.2) is 17.6 Å². The van der Waals surface area contributed by atoms with Crippen LogP contribution in [-0.2, 0) is 4.74 Å². The SMILES string of the molecule is CC(N)C(OCC1CC1)c1ccccn1. The second-order valence-corrected chi connectivity index (χ2v) is 4.31. The molecule has 2 rings (SSSR count). The molecule has 3 heteroatoms. The van der Waals surface area contributed by atoms with Crippen LogP contribution in [0.25, 0.3) is 0 Å². The van der Waals surface area contributed by atoms with Crippen molar-refractivity contribution in [3.63, 3.8) is 0 Å². The van der Waals surface area contributed by atoms with Crippen LogP contribution in [0, 0.1) is 5.92 Å². The van der Waals surface area contributed by atoms with Crippen molar-refractivity contribution in [2.24, 2.45) is 11.7 Å². The number of rotatable bonds is 5. The summed E-state index contributed by atoms with van der Waals surface area (Å²) in [5.74, 6) is 0.759. The van der Waals surface area contributed by atoms with E-state index in [4.69, 9.17) is 10.5 Å². The molecule has 1 saturated carbocycles. The van der Waals surface area contributed by atoms with Crippen LogP contribution in [0.3, 0.4) is 0 Å². The van der Waals surface area contributed by atoms with Crippen LogP contribution in [0.5, 0.6) is 0 Å². The summed E-state index contributed by atoms with van der Waals surface area (Å²) < 4.78 is 5.83. The number of hydrogen-bond donors (Lipinski definition) is 1. The lowest BCUT2D eigenvalue weighted by molar-refractivity contribution is 0.0287. The Bertz CT molecular complexity index is 296. The highest BCUT2D eigenvalue weighted by atomic mass is 16.5. The molecule has 0 aliphatic heterocycles. The van der Waals surface area contributed by atoms with E-state index in [1.165, 1.54) is 12.8 Å². The molecule has 15 heavy (non-hydrogen) atoms. The summed E-state index contributed by atoms with van der Waals surface area (Å²) >= 11 is 0. The Morgan fingerprint density at radius 3 is 2.87 bits per heavy atom. The summed E-state index contributed by atoms with van der Waals surface area (Å²) in [6.45, 7) is 2.79. The molecule has 3 nitrogen and oxygen atoms in total. The maximum atomic E-state index is 5.91. The minimum atomic E-state index is -0.0631. The summed E-state index contributed by atoms with van der Waals surface area (Å²) in [6, 6.07) is 5.83. The van der Waals surface area contributed by atoms with Gasteiger partial charge in [-0.25, -0.2) is 0 Å². The lowest BCUT2D eigenvalue weighted by atomic mass is 10.1. The smallest absolute Gasteiger partial charge is 0.114 e. The maximum Gasteiger partial charge on any atom is 0.114 e. The molecule has 1 aliphatic rings. The zero-order valence-electron chi connectivity index (χ0n) is 9.10. The Morgan fingerprint density at radius 1 is 1.53 bits per heavy atom. The van der Waals surface area contributed by atoms with Crippen LogP contribution in [0.4, 0.5) is 0 Å². The van der Waals surface area contributed by atoms with E-state index < -0.39 is 0 Å². The molecule has 0 saturated heterocycles. The van der Waals surface area contributed by atoms with Gasteiger partial charge in [0.05, 0.1) is 12.3 Å². The first-order chi connectivity index (χ1) is 7.27. The van der Waals surface area contributed by atoms with Gasteiger partial charge in [-0.1, -0.05) is 6.07 Å². The first-order valence-electron chi connectivity index (χ1n) is 5.55. The average Bonchev–Trinajstić information content (AvgIpc) is 3.03. The highest BCUT2D eigenvalue weighted by Crippen LogP contribution is 2.31. The molecule has 0 radical (unpaired) electrons. The van der Waals surface area contributed by atoms with Crippen molar-refractivity contribution < 1.29 is 4.74 Å². The predicted molar refractivity (Wildman–Crippen MR) is 59.3 cm³/mol. The van der Waals surface area contributed by atoms with E-state index in [-0.39, 0.29) is 12.1 Å². The van der Waals surface area contributed by atoms with Gasteiger partial charge in [0.15, 0.2) is 0 Å². The summed E-state index contributed by atoms with van der Waals surface area (Å²) in [7, 11) is 0. The topological polar surface area (TPSA) is 48.1 Å². The highest BCUT2D eigenvalue weighted by Gasteiger charge is 2.25. The van der Waals surface area contributed by atoms with E-state index in [9.17, 15) is 0 Å². The van der Waals surface area contributed by atoms with E-state index in [2.05, 4.69) is 4.98 Å². The monoisotopic (exact) mass is 206 g/mol. The second-order valence-electron chi connectivity index (χ2n) is 4.31. The van der Waals surface area contributed by atoms with E-state index >= 15 is 0 Å². The normalized spacial score (nSPS) is 19.9. The third-order valence-corrected chi connectivity index (χ3v) is 2.67. The molecule has 2 N–H and O–H groups in total. The van der Waals surface area contributed by atoms with Gasteiger partial charge >= 0.3 is 0 Å². The number of nitrogens with zero attached hydrogens (tertiary/aromatic N) is 1. The molecular formula is C12H18N2O. The largest absolute Gasteiger partial charge is 0.370 e. The molecule has 82 valence electrons. The number of pyridine rings is 1. The van der Waals surface area contributed by atoms with Gasteiger partial charge < -0.3 is 10.5 Å². The number of ether oxygens (including phenoxy) is 1. The standard InChI is InChI=1S/C12H18N2O/c1-9(13)12(15-8-10-5-6-10)11-4-2-3-7-14-11/h2-4,7,9-10,12H,5-6,8,13H2,1H3. The van der Waals surface area contributed by atoms with Crippen LogP contribution in [0.15, 0.2) is 24.4 Å². The van der Waals surface area contributed by atoms with Crippen molar-refractivity contribution in [2.45, 2.75) is 31.9 Å². The summed E-state index contributed by atoms with van der Waals surface area (Å²) in [5.41, 5.74) is 6.85. The van der Waals surface area contributed by atoms with Crippen LogP contribution < -0.4 is 5.73 Å². The Balaban J connectivity index is 1.98. The molecule has 0 bridgehead atoms. The summed E-state index contributed by atoms with van der Waals surface area (Å²) in [4.78, 5) is 4.29. The average molecular weight is 206 g/mol. The fraction of sp³-hybridized carbons (Fsp3) is 0.583. The Kier molecular flexibility index (Phi) is 3.34. The molecule has 1 aliphatic carbocycles. The number of nitrogens with two attached hydrogens (primary N) is 1. The van der Waals surface area contributed by atoms with Gasteiger partial charge in [-0.2, -0.15) is 0 Å². The van der Waals surface area contributed by atoms with Gasteiger partial charge in [0.25, 0.3) is 0 Å². The molecule has 1 aromatic heterocycles. The van der Waals surface area contributed by atoms with Crippen LogP contribution >= 0.6 is 0 Å². The quantitative estimate of drug-likeness (QED) is 0.800. The van der Waals surface area contributed by atoms with Gasteiger partial charge in [-0.15, -0.1) is 0 Å². The molecule has 0 amide bonds. The van der Waals surface area contributed by atoms with Crippen molar-refractivity contribution in [1.82, 2.24) is 4.98 Å². The van der Waals surface area contributed by atoms with Crippen LogP contribution in [0.1, 0.15) is 31.6 Å². The minimum absolute atomic E-state index is 0.0151. The van der Waals surface area contributed by atoms with Gasteiger partial charge in [0, 0.05) is 12.2 Å². The van der Waals surface area contributed by atoms with Crippen molar-refractivity contribution >= 4 is 0 Å². The van der Waals surface area contributed by atoms with E-state index in [1.54, 1.807) is 6.20 Å². The Morgan fingerprint density at radius 2 is 2.33 bits per heavy atom. The summed E-state index contributed by atoms with van der Waals surface area (Å²) in [6.07, 6.45) is 4.32. The molecule has 2 unspecified atom stereocenters. The number of hydrogen-bond acceptors (Lipinski definition) is 3. The van der Waals surface area contributed by atoms with Crippen molar-refractivity contribution in [1.29, 1.82) is 0 Å². The fourth-order valence-electron chi connectivity index (χ4n) is 1.58. The lowest BCUT2D eigenvalue weighted by Gasteiger charge is -2.20. The van der Waals surface area contributed by atoms with E-state index in [0.29, 0.717) is 0 Å². The minimum Gasteiger partial charge on any atom is -0.370 e. The van der Waals surface area contributed by atoms with Crippen molar-refractivity contribution in [3.05, 3.63) is 30.1 Å². The Labute approximate surface area is 90.7 Å². The zero-order chi connectivity index (χ0) is 10.7. The number of aromatic nitrogens is 1. The third-order valence-electron chi connectivity index (χ3n) is 2.67. The van der Waals surface area contributed by atoms with E-state index in [0.717, 1.165) is 18.2 Å². The second kappa shape index (κ2) is 4.73. The molecule has 2 atom stereocenters. The zero-order valence-corrected chi connectivity index (χ0v) is 9.10. The van der Waals surface area contributed by atoms with Crippen molar-refractivity contribution in [3.8, 4) is 0 Å². The van der Waals surface area contributed by atoms with Gasteiger partial charge in [-0.3, -0.25) is 4.98 Å². The fourth-order valence-corrected chi connectivity index (χ4v) is 1.58. The lowest BCUT2D eigenvalue weighted by Crippen LogP contribution is -2.28. The molecule has 1 fully saturated rings. The first kappa shape index (κ1) is 10.6. The first-order valence-corrected chi connectivity index (χ1v) is 5.55. The van der Waals surface area contributed by atoms with Crippen LogP contribution in [0.2, 0.25) is 0 Å². The predicted octanol–water partition coefficient (Wildman–Crippen LogP) is 1.90. The van der Waals surface area contributed by atoms with Crippen molar-refractivity contribution in [2.75, 3.05) is 6.61 Å². The van der Waals surface area contributed by atoms with Gasteiger partial charge in [0.1, 0.15) is 6.10 Å². The Hall–Kier alpha value is -0.930. The molecule has 1 heterocycles. The third kappa shape index (κ3) is 3.01. The van der Waals surface area contributed by atoms with Gasteiger partial charge in [-0.05, 0) is 37.8 Å².